The van der Waals surface area contributed by atoms with E-state index >= 15 is 0 Å². The van der Waals surface area contributed by atoms with Crippen LogP contribution in [-0.2, 0) is 22.3 Å². The smallest absolute Gasteiger partial charge is 0.416 e. The Labute approximate surface area is 178 Å². The maximum absolute atomic E-state index is 13.2. The minimum absolute atomic E-state index is 0.153. The van der Waals surface area contributed by atoms with Gasteiger partial charge in [-0.3, -0.25) is 4.79 Å². The van der Waals surface area contributed by atoms with Crippen molar-refractivity contribution < 1.29 is 37.3 Å². The molecule has 7 nitrogen and oxygen atoms in total. The number of carboxylic acid groups (broad SMARTS) is 1. The lowest BCUT2D eigenvalue weighted by Gasteiger charge is -2.27. The molecule has 0 spiro atoms. The molecule has 10 heteroatoms. The van der Waals surface area contributed by atoms with E-state index in [9.17, 15) is 22.8 Å². The minimum Gasteiger partial charge on any atom is -0.488 e. The van der Waals surface area contributed by atoms with Crippen LogP contribution in [0.15, 0.2) is 18.2 Å². The van der Waals surface area contributed by atoms with Crippen molar-refractivity contribution in [3.8, 4) is 5.75 Å². The van der Waals surface area contributed by atoms with E-state index in [4.69, 9.17) is 14.6 Å². The number of hydrogen-bond acceptors (Lipinski definition) is 4. The number of carbonyl (C=O) groups is 2. The summed E-state index contributed by atoms with van der Waals surface area (Å²) >= 11 is 0. The SMILES string of the molecule is CC(C)(C)Oc1ccc(C(F)(F)F)cc1CNC(=O)[C@@]12CCO[C@@H]1C[C@@H](NC(=O)O)C2. The summed E-state index contributed by atoms with van der Waals surface area (Å²) < 4.78 is 51.1. The average Bonchev–Trinajstić information content (AvgIpc) is 3.15. The van der Waals surface area contributed by atoms with Crippen molar-refractivity contribution >= 4 is 12.0 Å². The number of nitrogens with one attached hydrogen (secondary N) is 2. The molecule has 1 aliphatic carbocycles. The highest BCUT2D eigenvalue weighted by Crippen LogP contribution is 2.48. The van der Waals surface area contributed by atoms with Gasteiger partial charge in [-0.15, -0.1) is 0 Å². The Balaban J connectivity index is 1.79. The predicted molar refractivity (Wildman–Crippen MR) is 105 cm³/mol. The standard InChI is InChI=1S/C21H27F3N2O5/c1-19(2,3)31-15-5-4-13(21(22,23)24)8-12(15)11-25-17(27)20-6-7-30-16(20)9-14(10-20)26-18(28)29/h4-5,8,14,16,26H,6-7,9-11H2,1-3H3,(H,25,27)(H,28,29)/t14-,16-,20-/m1/s1. The summed E-state index contributed by atoms with van der Waals surface area (Å²) in [4.78, 5) is 24.1. The molecular formula is C21H27F3N2O5. The third-order valence-electron chi connectivity index (χ3n) is 5.62. The van der Waals surface area contributed by atoms with Crippen LogP contribution in [0.2, 0.25) is 0 Å². The zero-order valence-electron chi connectivity index (χ0n) is 17.6. The molecule has 1 aliphatic heterocycles. The summed E-state index contributed by atoms with van der Waals surface area (Å²) in [6.07, 6.45) is -5.05. The zero-order chi connectivity index (χ0) is 23.0. The molecule has 0 aromatic heterocycles. The van der Waals surface area contributed by atoms with Crippen LogP contribution in [0.25, 0.3) is 0 Å². The van der Waals surface area contributed by atoms with Crippen molar-refractivity contribution in [2.45, 2.75) is 70.5 Å². The number of ether oxygens (including phenoxy) is 2. The zero-order valence-corrected chi connectivity index (χ0v) is 17.6. The highest BCUT2D eigenvalue weighted by atomic mass is 19.4. The van der Waals surface area contributed by atoms with Gasteiger partial charge in [0.15, 0.2) is 0 Å². The largest absolute Gasteiger partial charge is 0.488 e. The van der Waals surface area contributed by atoms with Gasteiger partial charge in [-0.2, -0.15) is 13.2 Å². The molecule has 2 amide bonds. The van der Waals surface area contributed by atoms with Crippen molar-refractivity contribution in [2.75, 3.05) is 6.61 Å². The molecule has 1 saturated carbocycles. The fourth-order valence-electron chi connectivity index (χ4n) is 4.32. The number of alkyl halides is 3. The Bertz CT molecular complexity index is 852. The number of fused-ring (bicyclic) bond motifs is 1. The van der Waals surface area contributed by atoms with E-state index in [0.717, 1.165) is 12.1 Å². The molecular weight excluding hydrogens is 417 g/mol. The van der Waals surface area contributed by atoms with E-state index in [0.29, 0.717) is 19.4 Å². The van der Waals surface area contributed by atoms with Crippen molar-refractivity contribution in [1.82, 2.24) is 10.6 Å². The van der Waals surface area contributed by atoms with Crippen molar-refractivity contribution in [1.29, 1.82) is 0 Å². The number of rotatable bonds is 5. The molecule has 0 bridgehead atoms. The van der Waals surface area contributed by atoms with Gasteiger partial charge < -0.3 is 25.2 Å². The van der Waals surface area contributed by atoms with Crippen molar-refractivity contribution in [3.05, 3.63) is 29.3 Å². The molecule has 3 atom stereocenters. The first-order chi connectivity index (χ1) is 14.3. The number of carbonyl (C=O) groups excluding carboxylic acids is 1. The highest BCUT2D eigenvalue weighted by molar-refractivity contribution is 5.84. The molecule has 172 valence electrons. The van der Waals surface area contributed by atoms with Crippen molar-refractivity contribution in [2.24, 2.45) is 5.41 Å². The molecule has 2 fully saturated rings. The number of halogens is 3. The Morgan fingerprint density at radius 2 is 2.00 bits per heavy atom. The van der Waals surface area contributed by atoms with E-state index in [2.05, 4.69) is 10.6 Å². The van der Waals surface area contributed by atoms with Crippen LogP contribution in [0.4, 0.5) is 18.0 Å². The van der Waals surface area contributed by atoms with Crippen molar-refractivity contribution in [3.63, 3.8) is 0 Å². The van der Waals surface area contributed by atoms with Gasteiger partial charge in [-0.25, -0.2) is 4.79 Å². The molecule has 3 rings (SSSR count). The van der Waals surface area contributed by atoms with E-state index in [1.54, 1.807) is 20.8 Å². The predicted octanol–water partition coefficient (Wildman–Crippen LogP) is 3.70. The Kier molecular flexibility index (Phi) is 6.14. The second-order valence-electron chi connectivity index (χ2n) is 9.07. The lowest BCUT2D eigenvalue weighted by molar-refractivity contribution is -0.137. The van der Waals surface area contributed by atoms with Gasteiger partial charge in [0.2, 0.25) is 5.91 Å². The van der Waals surface area contributed by atoms with Gasteiger partial charge in [-0.05, 0) is 58.2 Å². The first-order valence-corrected chi connectivity index (χ1v) is 10.1. The van der Waals surface area contributed by atoms with Crippen LogP contribution in [0.1, 0.15) is 51.2 Å². The van der Waals surface area contributed by atoms with Gasteiger partial charge in [0, 0.05) is 24.8 Å². The van der Waals surface area contributed by atoms with Crippen LogP contribution in [0.3, 0.4) is 0 Å². The lowest BCUT2D eigenvalue weighted by atomic mass is 9.81. The molecule has 3 N–H and O–H groups in total. The van der Waals surface area contributed by atoms with E-state index < -0.39 is 41.0 Å². The minimum atomic E-state index is -4.52. The van der Waals surface area contributed by atoms with Crippen LogP contribution in [0.5, 0.6) is 5.75 Å². The Morgan fingerprint density at radius 3 is 2.61 bits per heavy atom. The second-order valence-corrected chi connectivity index (χ2v) is 9.07. The van der Waals surface area contributed by atoms with E-state index in [1.165, 1.54) is 6.07 Å². The normalized spacial score (nSPS) is 25.7. The van der Waals surface area contributed by atoms with Gasteiger partial charge in [0.25, 0.3) is 0 Å². The van der Waals surface area contributed by atoms with Crippen LogP contribution in [0, 0.1) is 5.41 Å². The fourth-order valence-corrected chi connectivity index (χ4v) is 4.32. The summed E-state index contributed by atoms with van der Waals surface area (Å²) in [6.45, 7) is 5.56. The Hall–Kier alpha value is -2.49. The summed E-state index contributed by atoms with van der Waals surface area (Å²) in [5.41, 5.74) is -2.16. The quantitative estimate of drug-likeness (QED) is 0.644. The highest BCUT2D eigenvalue weighted by Gasteiger charge is 2.56. The maximum Gasteiger partial charge on any atom is 0.416 e. The van der Waals surface area contributed by atoms with Crippen LogP contribution in [-0.4, -0.2) is 41.5 Å². The second kappa shape index (κ2) is 8.22. The topological polar surface area (TPSA) is 96.9 Å². The third kappa shape index (κ3) is 5.23. The summed E-state index contributed by atoms with van der Waals surface area (Å²) in [7, 11) is 0. The molecule has 31 heavy (non-hydrogen) atoms. The monoisotopic (exact) mass is 444 g/mol. The first kappa shape index (κ1) is 23.2. The van der Waals surface area contributed by atoms with Gasteiger partial charge >= 0.3 is 12.3 Å². The molecule has 1 heterocycles. The summed E-state index contributed by atoms with van der Waals surface area (Å²) in [5, 5.41) is 14.1. The summed E-state index contributed by atoms with van der Waals surface area (Å²) in [5.74, 6) is -0.0989. The molecule has 1 aromatic carbocycles. The molecule has 0 radical (unpaired) electrons. The van der Waals surface area contributed by atoms with Crippen LogP contribution < -0.4 is 15.4 Å². The molecule has 1 saturated heterocycles. The molecule has 0 unspecified atom stereocenters. The number of amides is 2. The third-order valence-corrected chi connectivity index (χ3v) is 5.62. The Morgan fingerprint density at radius 1 is 1.29 bits per heavy atom. The van der Waals surface area contributed by atoms with E-state index in [-0.39, 0.29) is 30.2 Å². The van der Waals surface area contributed by atoms with Gasteiger partial charge in [0.05, 0.1) is 17.1 Å². The van der Waals surface area contributed by atoms with Gasteiger partial charge in [-0.1, -0.05) is 0 Å². The fraction of sp³-hybridized carbons (Fsp3) is 0.619. The summed E-state index contributed by atoms with van der Waals surface area (Å²) in [6, 6.07) is 2.77. The first-order valence-electron chi connectivity index (χ1n) is 10.1. The number of hydrogen-bond donors (Lipinski definition) is 3. The lowest BCUT2D eigenvalue weighted by Crippen LogP contribution is -2.43. The average molecular weight is 444 g/mol. The van der Waals surface area contributed by atoms with E-state index in [1.807, 2.05) is 0 Å². The molecule has 1 aromatic rings. The molecule has 2 aliphatic rings. The number of benzene rings is 1. The van der Waals surface area contributed by atoms with Crippen LogP contribution >= 0.6 is 0 Å². The maximum atomic E-state index is 13.2. The van der Waals surface area contributed by atoms with Gasteiger partial charge in [0.1, 0.15) is 11.4 Å².